The maximum atomic E-state index is 13.0. The third kappa shape index (κ3) is 6.20. The highest BCUT2D eigenvalue weighted by Crippen LogP contribution is 2.29. The van der Waals surface area contributed by atoms with Crippen LogP contribution in [0.5, 0.6) is 0 Å². The van der Waals surface area contributed by atoms with Crippen LogP contribution in [0.4, 0.5) is 11.4 Å². The van der Waals surface area contributed by atoms with Crippen molar-refractivity contribution in [1.29, 1.82) is 0 Å². The Kier molecular flexibility index (Phi) is 7.56. The van der Waals surface area contributed by atoms with E-state index in [1.807, 2.05) is 27.7 Å². The van der Waals surface area contributed by atoms with Crippen LogP contribution in [0.25, 0.3) is 0 Å². The predicted octanol–water partition coefficient (Wildman–Crippen LogP) is 5.23. The zero-order chi connectivity index (χ0) is 26.0. The number of nitrogens with one attached hydrogen (secondary N) is 2. The highest BCUT2D eigenvalue weighted by molar-refractivity contribution is 7.93. The average molecular weight is 517 g/mol. The topological polar surface area (TPSA) is 130 Å². The second-order valence-electron chi connectivity index (χ2n) is 8.72. The average Bonchev–Trinajstić information content (AvgIpc) is 2.80. The summed E-state index contributed by atoms with van der Waals surface area (Å²) in [5.41, 5.74) is 1.40. The molecule has 0 aliphatic heterocycles. The molecular weight excluding hydrogens is 488 g/mol. The first-order valence-corrected chi connectivity index (χ1v) is 13.9. The quantitative estimate of drug-likeness (QED) is 0.357. The highest BCUT2D eigenvalue weighted by Gasteiger charge is 2.22. The van der Waals surface area contributed by atoms with Gasteiger partial charge in [-0.3, -0.25) is 9.44 Å². The van der Waals surface area contributed by atoms with Crippen LogP contribution in [-0.4, -0.2) is 27.9 Å². The van der Waals surface area contributed by atoms with Gasteiger partial charge in [0, 0.05) is 0 Å². The van der Waals surface area contributed by atoms with Crippen LogP contribution in [0.1, 0.15) is 61.0 Å². The first-order valence-electron chi connectivity index (χ1n) is 10.9. The largest absolute Gasteiger partial charge is 0.478 e. The molecule has 8 nitrogen and oxygen atoms in total. The van der Waals surface area contributed by atoms with E-state index in [2.05, 4.69) is 9.44 Å². The summed E-state index contributed by atoms with van der Waals surface area (Å²) in [6, 6.07) is 16.1. The summed E-state index contributed by atoms with van der Waals surface area (Å²) in [5.74, 6) is -0.855. The van der Waals surface area contributed by atoms with Crippen molar-refractivity contribution < 1.29 is 26.7 Å². The van der Waals surface area contributed by atoms with Crippen LogP contribution < -0.4 is 9.44 Å². The van der Waals surface area contributed by atoms with E-state index in [0.29, 0.717) is 0 Å². The molecule has 35 heavy (non-hydrogen) atoms. The van der Waals surface area contributed by atoms with Gasteiger partial charge in [-0.1, -0.05) is 52.0 Å². The molecule has 0 saturated heterocycles. The molecule has 3 aromatic carbocycles. The van der Waals surface area contributed by atoms with Crippen molar-refractivity contribution in [2.24, 2.45) is 0 Å². The van der Waals surface area contributed by atoms with Crippen molar-refractivity contribution in [3.8, 4) is 0 Å². The maximum absolute atomic E-state index is 13.0. The molecule has 3 N–H and O–H groups in total. The zero-order valence-corrected chi connectivity index (χ0v) is 21.4. The molecule has 0 bridgehead atoms. The number of benzene rings is 3. The summed E-state index contributed by atoms with van der Waals surface area (Å²) >= 11 is 0. The van der Waals surface area contributed by atoms with Gasteiger partial charge in [0.05, 0.1) is 26.7 Å². The molecule has 0 radical (unpaired) electrons. The van der Waals surface area contributed by atoms with Gasteiger partial charge in [0.15, 0.2) is 0 Å². The number of hydrogen-bond acceptors (Lipinski definition) is 5. The van der Waals surface area contributed by atoms with Crippen molar-refractivity contribution in [3.63, 3.8) is 0 Å². The molecule has 0 aliphatic rings. The zero-order valence-electron chi connectivity index (χ0n) is 19.8. The fraction of sp³-hybridized carbons (Fsp3) is 0.240. The molecule has 0 fully saturated rings. The van der Waals surface area contributed by atoms with Crippen LogP contribution in [0, 0.1) is 0 Å². The Balaban J connectivity index is 1.98. The molecule has 186 valence electrons. The van der Waals surface area contributed by atoms with Gasteiger partial charge in [-0.15, -0.1) is 0 Å². The highest BCUT2D eigenvalue weighted by atomic mass is 32.2. The number of sulfonamides is 2. The van der Waals surface area contributed by atoms with Crippen LogP contribution >= 0.6 is 0 Å². The van der Waals surface area contributed by atoms with E-state index in [1.165, 1.54) is 36.4 Å². The molecule has 10 heteroatoms. The molecule has 0 unspecified atom stereocenters. The van der Waals surface area contributed by atoms with E-state index < -0.39 is 26.0 Å². The second kappa shape index (κ2) is 10.1. The summed E-state index contributed by atoms with van der Waals surface area (Å²) in [6.45, 7) is 7.93. The smallest absolute Gasteiger partial charge is 0.335 e. The Morgan fingerprint density at radius 3 is 1.43 bits per heavy atom. The Morgan fingerprint density at radius 2 is 1.06 bits per heavy atom. The van der Waals surface area contributed by atoms with E-state index in [0.717, 1.165) is 17.2 Å². The van der Waals surface area contributed by atoms with E-state index in [4.69, 9.17) is 0 Å². The Hall–Kier alpha value is -3.37. The lowest BCUT2D eigenvalue weighted by molar-refractivity contribution is 0.0697. The summed E-state index contributed by atoms with van der Waals surface area (Å²) < 4.78 is 56.7. The number of carboxylic acids is 1. The lowest BCUT2D eigenvalue weighted by atomic mass is 10.0. The van der Waals surface area contributed by atoms with E-state index in [9.17, 15) is 26.7 Å². The van der Waals surface area contributed by atoms with Crippen LogP contribution in [0.2, 0.25) is 0 Å². The number of aromatic carboxylic acids is 1. The van der Waals surface area contributed by atoms with Crippen molar-refractivity contribution in [3.05, 3.63) is 83.4 Å². The van der Waals surface area contributed by atoms with Gasteiger partial charge in [0.25, 0.3) is 20.0 Å². The first kappa shape index (κ1) is 26.2. The minimum Gasteiger partial charge on any atom is -0.478 e. The maximum Gasteiger partial charge on any atom is 0.335 e. The molecule has 0 amide bonds. The third-order valence-electron chi connectivity index (χ3n) is 5.47. The van der Waals surface area contributed by atoms with Gasteiger partial charge < -0.3 is 5.11 Å². The van der Waals surface area contributed by atoms with Crippen molar-refractivity contribution in [1.82, 2.24) is 0 Å². The molecule has 0 atom stereocenters. The first-order chi connectivity index (χ1) is 16.3. The molecule has 0 spiro atoms. The summed E-state index contributed by atoms with van der Waals surface area (Å²) in [6.07, 6.45) is 0. The molecule has 0 aliphatic carbocycles. The molecular formula is C25H28N2O6S2. The monoisotopic (exact) mass is 516 g/mol. The number of rotatable bonds is 9. The van der Waals surface area contributed by atoms with Crippen LogP contribution in [0.3, 0.4) is 0 Å². The normalized spacial score (nSPS) is 12.1. The minimum absolute atomic E-state index is 0.0118. The van der Waals surface area contributed by atoms with Crippen LogP contribution in [0.15, 0.2) is 76.5 Å². The number of carbonyl (C=O) groups is 1. The third-order valence-corrected chi connectivity index (χ3v) is 8.23. The van der Waals surface area contributed by atoms with Gasteiger partial charge in [-0.25, -0.2) is 21.6 Å². The Bertz CT molecular complexity index is 1430. The lowest BCUT2D eigenvalue weighted by Crippen LogP contribution is -2.18. The molecule has 3 rings (SSSR count). The van der Waals surface area contributed by atoms with Crippen molar-refractivity contribution in [2.45, 2.75) is 49.3 Å². The second-order valence-corrected chi connectivity index (χ2v) is 12.1. The summed E-state index contributed by atoms with van der Waals surface area (Å²) in [7, 11) is -8.21. The SMILES string of the molecule is CC(C)c1ccc(S(=O)(=O)Nc2ccc(C(=O)O)cc2NS(=O)(=O)c2ccc(C(C)C)cc2)cc1. The van der Waals surface area contributed by atoms with Crippen molar-refractivity contribution >= 4 is 37.4 Å². The molecule has 0 heterocycles. The molecule has 0 saturated carbocycles. The van der Waals surface area contributed by atoms with Crippen LogP contribution in [-0.2, 0) is 20.0 Å². The van der Waals surface area contributed by atoms with Gasteiger partial charge >= 0.3 is 5.97 Å². The number of carboxylic acid groups (broad SMARTS) is 1. The molecule has 3 aromatic rings. The Morgan fingerprint density at radius 1 is 0.657 bits per heavy atom. The summed E-state index contributed by atoms with van der Waals surface area (Å²) in [4.78, 5) is 11.4. The van der Waals surface area contributed by atoms with Gasteiger partial charge in [0.1, 0.15) is 0 Å². The lowest BCUT2D eigenvalue weighted by Gasteiger charge is -2.16. The van der Waals surface area contributed by atoms with Gasteiger partial charge in [-0.2, -0.15) is 0 Å². The van der Waals surface area contributed by atoms with Gasteiger partial charge in [-0.05, 0) is 65.4 Å². The predicted molar refractivity (Wildman–Crippen MR) is 136 cm³/mol. The Labute approximate surface area is 206 Å². The summed E-state index contributed by atoms with van der Waals surface area (Å²) in [5, 5.41) is 9.36. The fourth-order valence-electron chi connectivity index (χ4n) is 3.32. The standard InChI is InChI=1S/C25H28N2O6S2/c1-16(2)18-5-10-21(11-6-18)34(30,31)26-23-14-9-20(25(28)29)15-24(23)27-35(32,33)22-12-7-19(8-13-22)17(3)4/h5-17,26-27H,1-4H3,(H,28,29). The minimum atomic E-state index is -4.13. The fourth-order valence-corrected chi connectivity index (χ4v) is 5.47. The molecule has 0 aromatic heterocycles. The van der Waals surface area contributed by atoms with E-state index in [-0.39, 0.29) is 38.6 Å². The number of hydrogen-bond donors (Lipinski definition) is 3. The van der Waals surface area contributed by atoms with E-state index >= 15 is 0 Å². The van der Waals surface area contributed by atoms with Gasteiger partial charge in [0.2, 0.25) is 0 Å². The van der Waals surface area contributed by atoms with Crippen molar-refractivity contribution in [2.75, 3.05) is 9.44 Å². The number of anilines is 2. The van der Waals surface area contributed by atoms with E-state index in [1.54, 1.807) is 24.3 Å².